The summed E-state index contributed by atoms with van der Waals surface area (Å²) in [6, 6.07) is 16.8. The third kappa shape index (κ3) is 5.47. The van der Waals surface area contributed by atoms with E-state index in [1.807, 2.05) is 36.4 Å². The smallest absolute Gasteiger partial charge is 0.255 e. The molecule has 2 aromatic rings. The Labute approximate surface area is 204 Å². The van der Waals surface area contributed by atoms with Crippen molar-refractivity contribution in [3.63, 3.8) is 0 Å². The molecule has 182 valence electrons. The van der Waals surface area contributed by atoms with E-state index < -0.39 is 0 Å². The molecular formula is C29H39N3O2. The zero-order valence-corrected chi connectivity index (χ0v) is 20.7. The predicted octanol–water partition coefficient (Wildman–Crippen LogP) is 5.56. The lowest BCUT2D eigenvalue weighted by atomic mass is 9.96. The van der Waals surface area contributed by atoms with E-state index in [1.165, 1.54) is 57.4 Å². The van der Waals surface area contributed by atoms with E-state index in [4.69, 9.17) is 4.74 Å². The van der Waals surface area contributed by atoms with E-state index in [-0.39, 0.29) is 5.91 Å². The van der Waals surface area contributed by atoms with Gasteiger partial charge in [-0.05, 0) is 92.4 Å². The molecule has 1 saturated carbocycles. The van der Waals surface area contributed by atoms with Crippen LogP contribution >= 0.6 is 0 Å². The second kappa shape index (κ2) is 10.5. The number of carbonyl (C=O) groups excluding carboxylic acids is 1. The quantitative estimate of drug-likeness (QED) is 0.531. The first-order valence-corrected chi connectivity index (χ1v) is 13.2. The number of rotatable bonds is 9. The van der Waals surface area contributed by atoms with Gasteiger partial charge in [0.1, 0.15) is 0 Å². The minimum atomic E-state index is -0.0722. The summed E-state index contributed by atoms with van der Waals surface area (Å²) in [6.07, 6.45) is 6.62. The standard InChI is InChI=1S/C29H39N3O2/c1-21(2)14-16-31-18-24-15-17-32(28(24)19-31)26-12-10-25(11-13-26)30-29(33)23-8-6-22(7-9-23)20-34-27-4-3-5-27/h6-13,21,24,27-28H,3-5,14-20H2,1-2H3,(H,30,33)/t24-,28+/m1/s1. The van der Waals surface area contributed by atoms with Gasteiger partial charge < -0.3 is 19.9 Å². The molecule has 5 heteroatoms. The van der Waals surface area contributed by atoms with Crippen LogP contribution in [-0.4, -0.2) is 49.1 Å². The number of ether oxygens (including phenoxy) is 1. The number of hydrogen-bond donors (Lipinski definition) is 1. The lowest BCUT2D eigenvalue weighted by Crippen LogP contribution is -2.35. The number of nitrogens with one attached hydrogen (secondary N) is 1. The second-order valence-corrected chi connectivity index (χ2v) is 10.8. The number of benzene rings is 2. The number of fused-ring (bicyclic) bond motifs is 1. The Bertz CT molecular complexity index is 952. The Morgan fingerprint density at radius 2 is 1.79 bits per heavy atom. The number of anilines is 2. The summed E-state index contributed by atoms with van der Waals surface area (Å²) < 4.78 is 5.86. The van der Waals surface area contributed by atoms with Gasteiger partial charge in [-0.15, -0.1) is 0 Å². The van der Waals surface area contributed by atoms with Gasteiger partial charge >= 0.3 is 0 Å². The normalized spacial score (nSPS) is 22.7. The molecule has 2 atom stereocenters. The molecular weight excluding hydrogens is 422 g/mol. The predicted molar refractivity (Wildman–Crippen MR) is 138 cm³/mol. The van der Waals surface area contributed by atoms with Gasteiger partial charge in [0, 0.05) is 42.6 Å². The summed E-state index contributed by atoms with van der Waals surface area (Å²) in [6.45, 7) is 10.0. The van der Waals surface area contributed by atoms with Crippen LogP contribution < -0.4 is 10.2 Å². The Hall–Kier alpha value is -2.37. The lowest BCUT2D eigenvalue weighted by Gasteiger charge is -2.27. The van der Waals surface area contributed by atoms with Gasteiger partial charge in [0.25, 0.3) is 5.91 Å². The Balaban J connectivity index is 1.13. The number of nitrogens with zero attached hydrogens (tertiary/aromatic N) is 2. The minimum Gasteiger partial charge on any atom is -0.374 e. The van der Waals surface area contributed by atoms with Gasteiger partial charge in [0.15, 0.2) is 0 Å². The Kier molecular flexibility index (Phi) is 7.21. The maximum atomic E-state index is 12.7. The summed E-state index contributed by atoms with van der Waals surface area (Å²) in [5.41, 5.74) is 3.90. The molecule has 2 aliphatic heterocycles. The first-order chi connectivity index (χ1) is 16.5. The summed E-state index contributed by atoms with van der Waals surface area (Å²) in [7, 11) is 0. The Morgan fingerprint density at radius 1 is 1.03 bits per heavy atom. The molecule has 2 aromatic carbocycles. The van der Waals surface area contributed by atoms with E-state index in [2.05, 4.69) is 41.1 Å². The molecule has 2 saturated heterocycles. The third-order valence-corrected chi connectivity index (χ3v) is 7.86. The van der Waals surface area contributed by atoms with E-state index in [1.54, 1.807) is 0 Å². The van der Waals surface area contributed by atoms with Crippen molar-refractivity contribution in [3.05, 3.63) is 59.7 Å². The zero-order valence-electron chi connectivity index (χ0n) is 20.7. The monoisotopic (exact) mass is 461 g/mol. The first-order valence-electron chi connectivity index (χ1n) is 13.2. The molecule has 5 rings (SSSR count). The van der Waals surface area contributed by atoms with Gasteiger partial charge in [-0.2, -0.15) is 0 Å². The van der Waals surface area contributed by atoms with Crippen LogP contribution in [0.4, 0.5) is 11.4 Å². The number of hydrogen-bond acceptors (Lipinski definition) is 4. The van der Waals surface area contributed by atoms with Crippen molar-refractivity contribution in [3.8, 4) is 0 Å². The average molecular weight is 462 g/mol. The van der Waals surface area contributed by atoms with Crippen LogP contribution in [0.25, 0.3) is 0 Å². The minimum absolute atomic E-state index is 0.0722. The van der Waals surface area contributed by atoms with Gasteiger partial charge in [-0.3, -0.25) is 4.79 Å². The fourth-order valence-electron chi connectivity index (χ4n) is 5.44. The van der Waals surface area contributed by atoms with Crippen LogP contribution in [0.5, 0.6) is 0 Å². The maximum absolute atomic E-state index is 12.7. The van der Waals surface area contributed by atoms with Crippen molar-refractivity contribution in [2.45, 2.75) is 64.7 Å². The molecule has 5 nitrogen and oxygen atoms in total. The van der Waals surface area contributed by atoms with E-state index in [9.17, 15) is 4.79 Å². The van der Waals surface area contributed by atoms with Crippen LogP contribution in [0.1, 0.15) is 61.9 Å². The van der Waals surface area contributed by atoms with E-state index in [0.717, 1.165) is 29.6 Å². The molecule has 0 bridgehead atoms. The van der Waals surface area contributed by atoms with Gasteiger partial charge in [0.2, 0.25) is 0 Å². The highest BCUT2D eigenvalue weighted by Gasteiger charge is 2.41. The number of likely N-dealkylation sites (tertiary alicyclic amines) is 1. The largest absolute Gasteiger partial charge is 0.374 e. The van der Waals surface area contributed by atoms with Crippen molar-refractivity contribution in [1.82, 2.24) is 4.90 Å². The topological polar surface area (TPSA) is 44.8 Å². The molecule has 3 aliphatic rings. The molecule has 0 unspecified atom stereocenters. The van der Waals surface area contributed by atoms with Crippen LogP contribution in [0.2, 0.25) is 0 Å². The van der Waals surface area contributed by atoms with Crippen LogP contribution in [0, 0.1) is 11.8 Å². The highest BCUT2D eigenvalue weighted by molar-refractivity contribution is 6.04. The fourth-order valence-corrected chi connectivity index (χ4v) is 5.44. The van der Waals surface area contributed by atoms with Gasteiger partial charge in [-0.1, -0.05) is 26.0 Å². The van der Waals surface area contributed by atoms with E-state index in [0.29, 0.717) is 24.3 Å². The van der Waals surface area contributed by atoms with E-state index >= 15 is 0 Å². The van der Waals surface area contributed by atoms with Crippen LogP contribution in [0.3, 0.4) is 0 Å². The molecule has 34 heavy (non-hydrogen) atoms. The van der Waals surface area contributed by atoms with Crippen molar-refractivity contribution in [2.75, 3.05) is 36.4 Å². The molecule has 0 spiro atoms. The van der Waals surface area contributed by atoms with Crippen molar-refractivity contribution in [1.29, 1.82) is 0 Å². The molecule has 0 radical (unpaired) electrons. The molecule has 3 fully saturated rings. The highest BCUT2D eigenvalue weighted by atomic mass is 16.5. The molecule has 2 heterocycles. The average Bonchev–Trinajstić information content (AvgIpc) is 3.38. The van der Waals surface area contributed by atoms with Gasteiger partial charge in [-0.25, -0.2) is 0 Å². The highest BCUT2D eigenvalue weighted by Crippen LogP contribution is 2.35. The summed E-state index contributed by atoms with van der Waals surface area (Å²) in [4.78, 5) is 18.0. The number of amides is 1. The van der Waals surface area contributed by atoms with Crippen LogP contribution in [-0.2, 0) is 11.3 Å². The summed E-state index contributed by atoms with van der Waals surface area (Å²) in [5.74, 6) is 1.48. The van der Waals surface area contributed by atoms with Crippen molar-refractivity contribution in [2.24, 2.45) is 11.8 Å². The molecule has 1 aliphatic carbocycles. The first kappa shape index (κ1) is 23.4. The lowest BCUT2D eigenvalue weighted by molar-refractivity contribution is -0.00866. The van der Waals surface area contributed by atoms with Crippen LogP contribution in [0.15, 0.2) is 48.5 Å². The Morgan fingerprint density at radius 3 is 2.47 bits per heavy atom. The summed E-state index contributed by atoms with van der Waals surface area (Å²) >= 11 is 0. The fraction of sp³-hybridized carbons (Fsp3) is 0.552. The van der Waals surface area contributed by atoms with Crippen molar-refractivity contribution < 1.29 is 9.53 Å². The second-order valence-electron chi connectivity index (χ2n) is 10.8. The SMILES string of the molecule is CC(C)CCN1C[C@H]2CCN(c3ccc(NC(=O)c4ccc(COC5CCC5)cc4)cc3)[C@H]2C1. The van der Waals surface area contributed by atoms with Gasteiger partial charge in [0.05, 0.1) is 12.7 Å². The molecule has 1 N–H and O–H groups in total. The van der Waals surface area contributed by atoms with Crippen molar-refractivity contribution >= 4 is 17.3 Å². The molecule has 1 amide bonds. The number of carbonyl (C=O) groups is 1. The summed E-state index contributed by atoms with van der Waals surface area (Å²) in [5, 5.41) is 3.05. The maximum Gasteiger partial charge on any atom is 0.255 e. The third-order valence-electron chi connectivity index (χ3n) is 7.86. The molecule has 0 aromatic heterocycles. The zero-order chi connectivity index (χ0) is 23.5.